The first-order valence-electron chi connectivity index (χ1n) is 4.38. The first-order chi connectivity index (χ1) is 6.74. The van der Waals surface area contributed by atoms with E-state index in [0.717, 1.165) is 0 Å². The van der Waals surface area contributed by atoms with Crippen molar-refractivity contribution in [3.8, 4) is 5.75 Å². The number of halogens is 1. The molecule has 0 aliphatic carbocycles. The van der Waals surface area contributed by atoms with Crippen molar-refractivity contribution < 1.29 is 14.2 Å². The summed E-state index contributed by atoms with van der Waals surface area (Å²) in [4.78, 5) is 0. The van der Waals surface area contributed by atoms with Gasteiger partial charge in [-0.05, 0) is 12.1 Å². The highest BCUT2D eigenvalue weighted by atomic mass is 19.1. The van der Waals surface area contributed by atoms with Crippen LogP contribution in [0.2, 0.25) is 0 Å². The van der Waals surface area contributed by atoms with Crippen molar-refractivity contribution in [3.63, 3.8) is 0 Å². The standard InChI is InChI=1S/C10H14FNO2/c1-14-9-4-2-3-8(11)10(9)7(5-12)6-13/h2-4,7,13H,5-6,12H2,1H3. The maximum absolute atomic E-state index is 13.4. The monoisotopic (exact) mass is 199 g/mol. The van der Waals surface area contributed by atoms with E-state index in [4.69, 9.17) is 15.6 Å². The summed E-state index contributed by atoms with van der Waals surface area (Å²) in [5, 5.41) is 9.02. The quantitative estimate of drug-likeness (QED) is 0.756. The van der Waals surface area contributed by atoms with Gasteiger partial charge in [-0.3, -0.25) is 0 Å². The van der Waals surface area contributed by atoms with Gasteiger partial charge in [0.05, 0.1) is 13.7 Å². The molecule has 1 aromatic rings. The lowest BCUT2D eigenvalue weighted by atomic mass is 9.98. The second-order valence-corrected chi connectivity index (χ2v) is 2.97. The SMILES string of the molecule is COc1cccc(F)c1C(CN)CO. The molecule has 0 fully saturated rings. The summed E-state index contributed by atoms with van der Waals surface area (Å²) in [6, 6.07) is 4.54. The Balaban J connectivity index is 3.14. The number of rotatable bonds is 4. The Kier molecular flexibility index (Phi) is 3.85. The Morgan fingerprint density at radius 3 is 2.79 bits per heavy atom. The van der Waals surface area contributed by atoms with E-state index >= 15 is 0 Å². The first kappa shape index (κ1) is 10.9. The van der Waals surface area contributed by atoms with Crippen molar-refractivity contribution in [1.82, 2.24) is 0 Å². The number of benzene rings is 1. The lowest BCUT2D eigenvalue weighted by molar-refractivity contribution is 0.261. The van der Waals surface area contributed by atoms with Gasteiger partial charge in [0.25, 0.3) is 0 Å². The second kappa shape index (κ2) is 4.93. The smallest absolute Gasteiger partial charge is 0.130 e. The van der Waals surface area contributed by atoms with Gasteiger partial charge in [0.15, 0.2) is 0 Å². The summed E-state index contributed by atoms with van der Waals surface area (Å²) in [5.41, 5.74) is 5.77. The van der Waals surface area contributed by atoms with Crippen LogP contribution in [0.4, 0.5) is 4.39 Å². The zero-order valence-electron chi connectivity index (χ0n) is 8.03. The van der Waals surface area contributed by atoms with E-state index in [1.807, 2.05) is 0 Å². The van der Waals surface area contributed by atoms with E-state index in [9.17, 15) is 4.39 Å². The van der Waals surface area contributed by atoms with Gasteiger partial charge in [-0.1, -0.05) is 6.07 Å². The van der Waals surface area contributed by atoms with Crippen molar-refractivity contribution >= 4 is 0 Å². The minimum absolute atomic E-state index is 0.187. The summed E-state index contributed by atoms with van der Waals surface area (Å²) in [7, 11) is 1.46. The van der Waals surface area contributed by atoms with E-state index < -0.39 is 11.7 Å². The van der Waals surface area contributed by atoms with Crippen LogP contribution in [-0.4, -0.2) is 25.4 Å². The molecule has 78 valence electrons. The van der Waals surface area contributed by atoms with Crippen LogP contribution in [0.25, 0.3) is 0 Å². The van der Waals surface area contributed by atoms with Crippen LogP contribution in [-0.2, 0) is 0 Å². The third kappa shape index (κ3) is 2.02. The molecule has 1 atom stereocenters. The molecule has 0 saturated carbocycles. The molecule has 1 rings (SSSR count). The van der Waals surface area contributed by atoms with Crippen LogP contribution < -0.4 is 10.5 Å². The summed E-state index contributed by atoms with van der Waals surface area (Å²) in [5.74, 6) is -0.380. The van der Waals surface area contributed by atoms with Gasteiger partial charge < -0.3 is 15.6 Å². The van der Waals surface area contributed by atoms with E-state index in [-0.39, 0.29) is 13.2 Å². The van der Waals surface area contributed by atoms with Crippen molar-refractivity contribution in [2.24, 2.45) is 5.73 Å². The maximum atomic E-state index is 13.4. The van der Waals surface area contributed by atoms with Crippen LogP contribution in [0, 0.1) is 5.82 Å². The molecular weight excluding hydrogens is 185 g/mol. The van der Waals surface area contributed by atoms with Gasteiger partial charge in [-0.15, -0.1) is 0 Å². The highest BCUT2D eigenvalue weighted by Crippen LogP contribution is 2.28. The zero-order chi connectivity index (χ0) is 10.6. The van der Waals surface area contributed by atoms with Crippen LogP contribution in [0.5, 0.6) is 5.75 Å². The fourth-order valence-electron chi connectivity index (χ4n) is 1.38. The van der Waals surface area contributed by atoms with Crippen molar-refractivity contribution in [1.29, 1.82) is 0 Å². The Labute approximate surface area is 82.3 Å². The highest BCUT2D eigenvalue weighted by molar-refractivity contribution is 5.37. The lowest BCUT2D eigenvalue weighted by Crippen LogP contribution is -2.18. The molecule has 3 N–H and O–H groups in total. The molecule has 3 nitrogen and oxygen atoms in total. The number of nitrogens with two attached hydrogens (primary N) is 1. The number of hydrogen-bond acceptors (Lipinski definition) is 3. The van der Waals surface area contributed by atoms with Gasteiger partial charge in [0.1, 0.15) is 11.6 Å². The van der Waals surface area contributed by atoms with Gasteiger partial charge >= 0.3 is 0 Å². The molecule has 14 heavy (non-hydrogen) atoms. The summed E-state index contributed by atoms with van der Waals surface area (Å²) < 4.78 is 18.4. The van der Waals surface area contributed by atoms with Crippen molar-refractivity contribution in [2.75, 3.05) is 20.3 Å². The van der Waals surface area contributed by atoms with Crippen LogP contribution in [0.3, 0.4) is 0 Å². The molecule has 0 bridgehead atoms. The van der Waals surface area contributed by atoms with Crippen molar-refractivity contribution in [2.45, 2.75) is 5.92 Å². The third-order valence-corrected chi connectivity index (χ3v) is 2.15. The maximum Gasteiger partial charge on any atom is 0.130 e. The van der Waals surface area contributed by atoms with Crippen LogP contribution >= 0.6 is 0 Å². The summed E-state index contributed by atoms with van der Waals surface area (Å²) >= 11 is 0. The fourth-order valence-corrected chi connectivity index (χ4v) is 1.38. The molecule has 0 radical (unpaired) electrons. The average Bonchev–Trinajstić information content (AvgIpc) is 2.22. The van der Waals surface area contributed by atoms with Gasteiger partial charge in [-0.2, -0.15) is 0 Å². The Morgan fingerprint density at radius 1 is 1.57 bits per heavy atom. The van der Waals surface area contributed by atoms with E-state index in [1.165, 1.54) is 13.2 Å². The molecule has 0 saturated heterocycles. The predicted octanol–water partition coefficient (Wildman–Crippen LogP) is 0.869. The predicted molar refractivity (Wildman–Crippen MR) is 51.8 cm³/mol. The number of ether oxygens (including phenoxy) is 1. The molecule has 1 aromatic carbocycles. The number of hydrogen-bond donors (Lipinski definition) is 2. The van der Waals surface area contributed by atoms with E-state index in [1.54, 1.807) is 12.1 Å². The molecule has 0 spiro atoms. The minimum atomic E-state index is -0.411. The minimum Gasteiger partial charge on any atom is -0.496 e. The topological polar surface area (TPSA) is 55.5 Å². The van der Waals surface area contributed by atoms with E-state index in [2.05, 4.69) is 0 Å². The Morgan fingerprint density at radius 2 is 2.29 bits per heavy atom. The van der Waals surface area contributed by atoms with Gasteiger partial charge in [0.2, 0.25) is 0 Å². The molecule has 0 aliphatic rings. The third-order valence-electron chi connectivity index (χ3n) is 2.15. The molecule has 0 aromatic heterocycles. The summed E-state index contributed by atoms with van der Waals surface area (Å²) in [6.07, 6.45) is 0. The number of aliphatic hydroxyl groups excluding tert-OH is 1. The van der Waals surface area contributed by atoms with Gasteiger partial charge in [0, 0.05) is 18.0 Å². The lowest BCUT2D eigenvalue weighted by Gasteiger charge is -2.16. The van der Waals surface area contributed by atoms with E-state index in [0.29, 0.717) is 11.3 Å². The number of methoxy groups -OCH3 is 1. The average molecular weight is 199 g/mol. The Bertz CT molecular complexity index is 300. The number of aliphatic hydroxyl groups is 1. The van der Waals surface area contributed by atoms with Crippen LogP contribution in [0.1, 0.15) is 11.5 Å². The second-order valence-electron chi connectivity index (χ2n) is 2.97. The van der Waals surface area contributed by atoms with Gasteiger partial charge in [-0.25, -0.2) is 4.39 Å². The molecule has 4 heteroatoms. The summed E-state index contributed by atoms with van der Waals surface area (Å²) in [6.45, 7) is 0.00157. The molecule has 0 aliphatic heterocycles. The first-order valence-corrected chi connectivity index (χ1v) is 4.38. The van der Waals surface area contributed by atoms with Crippen molar-refractivity contribution in [3.05, 3.63) is 29.6 Å². The van der Waals surface area contributed by atoms with Crippen LogP contribution in [0.15, 0.2) is 18.2 Å². The highest BCUT2D eigenvalue weighted by Gasteiger charge is 2.18. The normalized spacial score (nSPS) is 12.6. The molecule has 0 heterocycles. The fraction of sp³-hybridized carbons (Fsp3) is 0.400. The molecule has 0 amide bonds. The zero-order valence-corrected chi connectivity index (χ0v) is 8.03. The molecular formula is C10H14FNO2. The Hall–Kier alpha value is -1.13. The largest absolute Gasteiger partial charge is 0.496 e. The molecule has 1 unspecified atom stereocenters.